The quantitative estimate of drug-likeness (QED) is 0.408. The molecule has 0 fully saturated rings. The van der Waals surface area contributed by atoms with Gasteiger partial charge in [-0.2, -0.15) is 0 Å². The minimum atomic E-state index is -0.817. The second kappa shape index (κ2) is 9.37. The van der Waals surface area contributed by atoms with Crippen molar-refractivity contribution < 1.29 is 4.52 Å². The third-order valence-corrected chi connectivity index (χ3v) is 4.61. The molecule has 0 aromatic heterocycles. The summed E-state index contributed by atoms with van der Waals surface area (Å²) in [6, 6.07) is 18.3. The maximum atomic E-state index is 5.92. The van der Waals surface area contributed by atoms with Crippen LogP contribution in [0.15, 0.2) is 67.0 Å². The average Bonchev–Trinajstić information content (AvgIpc) is 2.56. The largest absolute Gasteiger partial charge is 0.398 e. The fourth-order valence-electron chi connectivity index (χ4n) is 2.09. The van der Waals surface area contributed by atoms with Gasteiger partial charge < -0.3 is 10.3 Å². The van der Waals surface area contributed by atoms with Gasteiger partial charge in [-0.3, -0.25) is 5.09 Å². The topological polar surface area (TPSA) is 47.3 Å². The summed E-state index contributed by atoms with van der Waals surface area (Å²) in [7, 11) is -0.817. The molecule has 0 spiro atoms. The highest BCUT2D eigenvalue weighted by Crippen LogP contribution is 2.34. The predicted molar refractivity (Wildman–Crippen MR) is 95.5 cm³/mol. The first-order chi connectivity index (χ1) is 10.8. The summed E-state index contributed by atoms with van der Waals surface area (Å²) in [5.74, 6) is 1.84. The number of nitrogen functional groups attached to an aromatic ring is 1. The van der Waals surface area contributed by atoms with E-state index >= 15 is 0 Å². The molecule has 0 saturated heterocycles. The molecule has 0 bridgehead atoms. The van der Waals surface area contributed by atoms with E-state index < -0.39 is 8.30 Å². The first-order valence-electron chi connectivity index (χ1n) is 7.45. The summed E-state index contributed by atoms with van der Waals surface area (Å²) < 4.78 is 5.87. The zero-order valence-corrected chi connectivity index (χ0v) is 13.6. The molecule has 0 radical (unpaired) electrons. The molecule has 0 amide bonds. The highest BCUT2D eigenvalue weighted by Gasteiger charge is 2.05. The van der Waals surface area contributed by atoms with Crippen molar-refractivity contribution in [2.75, 3.05) is 12.3 Å². The molecule has 2 aromatic carbocycles. The van der Waals surface area contributed by atoms with Crippen molar-refractivity contribution in [3.05, 3.63) is 78.1 Å². The van der Waals surface area contributed by atoms with Crippen LogP contribution in [-0.2, 0) is 17.6 Å². The second-order valence-electron chi connectivity index (χ2n) is 4.98. The first-order valence-corrected chi connectivity index (χ1v) is 8.78. The van der Waals surface area contributed by atoms with Gasteiger partial charge in [0.1, 0.15) is 8.30 Å². The highest BCUT2D eigenvalue weighted by atomic mass is 31.2. The van der Waals surface area contributed by atoms with E-state index in [1.54, 1.807) is 0 Å². The molecule has 2 aromatic rings. The Morgan fingerprint density at radius 2 is 1.82 bits per heavy atom. The number of nitrogens with one attached hydrogen (secondary N) is 1. The maximum Gasteiger partial charge on any atom is 0.126 e. The summed E-state index contributed by atoms with van der Waals surface area (Å²) in [4.78, 5) is 0. The van der Waals surface area contributed by atoms with Gasteiger partial charge in [0, 0.05) is 17.8 Å². The van der Waals surface area contributed by atoms with E-state index in [1.165, 1.54) is 5.56 Å². The highest BCUT2D eigenvalue weighted by molar-refractivity contribution is 7.53. The average molecular weight is 314 g/mol. The van der Waals surface area contributed by atoms with Crippen LogP contribution < -0.4 is 10.8 Å². The number of hydrogen-bond acceptors (Lipinski definition) is 3. The van der Waals surface area contributed by atoms with Crippen LogP contribution in [0.25, 0.3) is 0 Å². The molecule has 0 saturated carbocycles. The Morgan fingerprint density at radius 3 is 2.55 bits per heavy atom. The Kier molecular flexibility index (Phi) is 7.11. The van der Waals surface area contributed by atoms with Gasteiger partial charge in [-0.05, 0) is 30.3 Å². The van der Waals surface area contributed by atoms with Gasteiger partial charge in [0.2, 0.25) is 0 Å². The number of aryl methyl sites for hydroxylation is 1. The Balaban J connectivity index is 1.69. The number of benzene rings is 2. The van der Waals surface area contributed by atoms with Gasteiger partial charge in [-0.25, -0.2) is 0 Å². The van der Waals surface area contributed by atoms with Crippen LogP contribution in [0.5, 0.6) is 0 Å². The summed E-state index contributed by atoms with van der Waals surface area (Å²) in [5, 5.41) is 3.41. The fourth-order valence-corrected chi connectivity index (χ4v) is 3.08. The summed E-state index contributed by atoms with van der Waals surface area (Å²) in [5.41, 5.74) is 9.07. The zero-order valence-electron chi connectivity index (χ0n) is 12.7. The normalized spacial score (nSPS) is 12.0. The van der Waals surface area contributed by atoms with E-state index in [1.807, 2.05) is 36.1 Å². The van der Waals surface area contributed by atoms with Crippen molar-refractivity contribution >= 4 is 14.0 Å². The summed E-state index contributed by atoms with van der Waals surface area (Å²) in [6.45, 7) is 5.27. The number of rotatable bonds is 9. The van der Waals surface area contributed by atoms with Gasteiger partial charge in [0.05, 0.1) is 6.61 Å². The van der Waals surface area contributed by atoms with Gasteiger partial charge in [0.25, 0.3) is 0 Å². The molecule has 0 aliphatic carbocycles. The van der Waals surface area contributed by atoms with Gasteiger partial charge in [0.15, 0.2) is 0 Å². The molecule has 4 heteroatoms. The van der Waals surface area contributed by atoms with E-state index in [9.17, 15) is 0 Å². The standard InChI is InChI=1S/C18H23N2OP/c1-2-22(21-15-17-12-6-7-13-18(17)19)20-14-8-11-16-9-4-3-5-10-16/h2-7,9-10,12-13,20H,1,8,11,14-15,19H2. The van der Waals surface area contributed by atoms with Crippen molar-refractivity contribution in [1.82, 2.24) is 5.09 Å². The molecule has 3 N–H and O–H groups in total. The fraction of sp³-hybridized carbons (Fsp3) is 0.222. The Morgan fingerprint density at radius 1 is 1.09 bits per heavy atom. The van der Waals surface area contributed by atoms with E-state index in [0.717, 1.165) is 30.6 Å². The molecule has 2 rings (SSSR count). The summed E-state index contributed by atoms with van der Waals surface area (Å²) in [6.07, 6.45) is 2.15. The molecule has 1 unspecified atom stereocenters. The van der Waals surface area contributed by atoms with E-state index in [2.05, 4.69) is 35.9 Å². The predicted octanol–water partition coefficient (Wildman–Crippen LogP) is 4.46. The van der Waals surface area contributed by atoms with Crippen LogP contribution in [0.3, 0.4) is 0 Å². The number of anilines is 1. The number of para-hydroxylation sites is 1. The van der Waals surface area contributed by atoms with Crippen molar-refractivity contribution in [3.8, 4) is 0 Å². The SMILES string of the molecule is C=CP(NCCCc1ccccc1)OCc1ccccc1N. The zero-order chi connectivity index (χ0) is 15.6. The lowest BCUT2D eigenvalue weighted by atomic mass is 10.1. The molecular weight excluding hydrogens is 291 g/mol. The Hall–Kier alpha value is -1.67. The van der Waals surface area contributed by atoms with Crippen molar-refractivity contribution in [2.24, 2.45) is 0 Å². The smallest absolute Gasteiger partial charge is 0.126 e. The second-order valence-corrected chi connectivity index (χ2v) is 6.57. The molecule has 116 valence electrons. The third kappa shape index (κ3) is 5.61. The minimum absolute atomic E-state index is 0.510. The van der Waals surface area contributed by atoms with Crippen LogP contribution in [-0.4, -0.2) is 6.54 Å². The summed E-state index contributed by atoms with van der Waals surface area (Å²) >= 11 is 0. The molecule has 0 aliphatic heterocycles. The van der Waals surface area contributed by atoms with Crippen LogP contribution in [0.2, 0.25) is 0 Å². The number of hydrogen-bond donors (Lipinski definition) is 2. The van der Waals surface area contributed by atoms with Gasteiger partial charge in [-0.1, -0.05) is 55.1 Å². The van der Waals surface area contributed by atoms with Gasteiger partial charge in [-0.15, -0.1) is 0 Å². The Labute approximate surface area is 134 Å². The molecule has 3 nitrogen and oxygen atoms in total. The third-order valence-electron chi connectivity index (χ3n) is 3.33. The van der Waals surface area contributed by atoms with Crippen molar-refractivity contribution in [2.45, 2.75) is 19.4 Å². The monoisotopic (exact) mass is 314 g/mol. The van der Waals surface area contributed by atoms with Crippen LogP contribution in [0.4, 0.5) is 5.69 Å². The molecule has 1 atom stereocenters. The van der Waals surface area contributed by atoms with E-state index in [4.69, 9.17) is 10.3 Å². The minimum Gasteiger partial charge on any atom is -0.398 e. The lowest BCUT2D eigenvalue weighted by Gasteiger charge is -2.15. The first kappa shape index (κ1) is 16.7. The van der Waals surface area contributed by atoms with Crippen molar-refractivity contribution in [3.63, 3.8) is 0 Å². The molecule has 22 heavy (non-hydrogen) atoms. The Bertz CT molecular complexity index is 574. The van der Waals surface area contributed by atoms with Crippen molar-refractivity contribution in [1.29, 1.82) is 0 Å². The molecular formula is C18H23N2OP. The molecule has 0 aliphatic rings. The number of nitrogens with two attached hydrogens (primary N) is 1. The maximum absolute atomic E-state index is 5.92. The van der Waals surface area contributed by atoms with E-state index in [-0.39, 0.29) is 0 Å². The van der Waals surface area contributed by atoms with Crippen LogP contribution >= 0.6 is 8.30 Å². The van der Waals surface area contributed by atoms with Crippen LogP contribution in [0.1, 0.15) is 17.5 Å². The lowest BCUT2D eigenvalue weighted by Crippen LogP contribution is -2.10. The molecule has 0 heterocycles. The van der Waals surface area contributed by atoms with Crippen LogP contribution in [0, 0.1) is 0 Å². The van der Waals surface area contributed by atoms with Gasteiger partial charge >= 0.3 is 0 Å². The lowest BCUT2D eigenvalue weighted by molar-refractivity contribution is 0.340. The van der Waals surface area contributed by atoms with E-state index in [0.29, 0.717) is 6.61 Å².